The third-order valence-corrected chi connectivity index (χ3v) is 9.99. The van der Waals surface area contributed by atoms with Gasteiger partial charge in [-0.2, -0.15) is 0 Å². The maximum Gasteiger partial charge on any atom is 0.138 e. The molecule has 0 amide bonds. The third-order valence-electron chi connectivity index (χ3n) is 9.06. The van der Waals surface area contributed by atoms with Crippen LogP contribution in [0.3, 0.4) is 0 Å². The van der Waals surface area contributed by atoms with Gasteiger partial charge in [0.1, 0.15) is 5.58 Å². The van der Waals surface area contributed by atoms with E-state index in [9.17, 15) is 0 Å². The molecule has 5 heteroatoms. The molecular weight excluding hydrogens is 821 g/mol. The number of hydrogen-bond donors (Lipinski definition) is 0. The molecule has 4 aromatic heterocycles. The van der Waals surface area contributed by atoms with Crippen molar-refractivity contribution >= 4 is 43.4 Å². The van der Waals surface area contributed by atoms with Gasteiger partial charge in [0.25, 0.3) is 0 Å². The normalized spacial score (nSPS) is 12.3. The van der Waals surface area contributed by atoms with Crippen molar-refractivity contribution in [3.8, 4) is 33.6 Å². The first-order valence-electron chi connectivity index (χ1n) is 18.0. The number of furan rings is 1. The van der Waals surface area contributed by atoms with Crippen molar-refractivity contribution in [1.82, 2.24) is 9.97 Å². The zero-order valence-electron chi connectivity index (χ0n) is 32.3. The minimum atomic E-state index is -1.59. The molecule has 1 radical (unpaired) electrons. The van der Waals surface area contributed by atoms with Crippen LogP contribution in [-0.2, 0) is 26.5 Å². The van der Waals surface area contributed by atoms with E-state index in [1.807, 2.05) is 57.3 Å². The molecule has 0 saturated carbocycles. The number of rotatable bonds is 4. The fraction of sp³-hybridized carbons (Fsp3) is 0.217. The summed E-state index contributed by atoms with van der Waals surface area (Å²) in [7, 11) is 0. The fourth-order valence-electron chi connectivity index (χ4n) is 6.39. The van der Waals surface area contributed by atoms with Crippen LogP contribution in [0.15, 0.2) is 101 Å². The van der Waals surface area contributed by atoms with E-state index in [1.54, 1.807) is 17.5 Å². The van der Waals surface area contributed by atoms with E-state index in [2.05, 4.69) is 106 Å². The Morgan fingerprint density at radius 1 is 0.765 bits per heavy atom. The zero-order chi connectivity index (χ0) is 36.9. The molecule has 4 heterocycles. The predicted octanol–water partition coefficient (Wildman–Crippen LogP) is 13.0. The molecule has 0 N–H and O–H groups in total. The van der Waals surface area contributed by atoms with Crippen LogP contribution in [0.25, 0.3) is 65.7 Å². The van der Waals surface area contributed by atoms with E-state index in [0.717, 1.165) is 71.4 Å². The van der Waals surface area contributed by atoms with Crippen LogP contribution in [0.1, 0.15) is 56.9 Å². The van der Waals surface area contributed by atoms with E-state index in [-0.39, 0.29) is 20.1 Å². The molecule has 0 unspecified atom stereocenters. The van der Waals surface area contributed by atoms with E-state index >= 15 is 0 Å². The largest absolute Gasteiger partial charge is 0.499 e. The van der Waals surface area contributed by atoms with E-state index < -0.39 is 11.8 Å². The molecule has 0 aliphatic carbocycles. The van der Waals surface area contributed by atoms with Crippen LogP contribution in [0, 0.1) is 52.2 Å². The van der Waals surface area contributed by atoms with Gasteiger partial charge in [-0.05, 0) is 101 Å². The van der Waals surface area contributed by atoms with Crippen molar-refractivity contribution in [3.63, 3.8) is 0 Å². The topological polar surface area (TPSA) is 38.9 Å². The minimum Gasteiger partial charge on any atom is -0.499 e. The van der Waals surface area contributed by atoms with Gasteiger partial charge in [-0.25, -0.2) is 0 Å². The summed E-state index contributed by atoms with van der Waals surface area (Å²) in [5, 5.41) is 5.37. The van der Waals surface area contributed by atoms with Crippen LogP contribution in [-0.4, -0.2) is 9.97 Å². The molecule has 0 aliphatic rings. The molecule has 0 saturated heterocycles. The summed E-state index contributed by atoms with van der Waals surface area (Å²) in [6.45, 7) is 16.2. The molecule has 0 spiro atoms. The van der Waals surface area contributed by atoms with Crippen molar-refractivity contribution in [2.24, 2.45) is 5.41 Å². The second kappa shape index (κ2) is 14.7. The SMILES string of the molecule is Cc1c[c-]c(-c2cc(C)c(C)cn2)cc1.[2H]C([2H])(c1cnc(-c2[c-]ccc3c2oc2c3ccc3ccsc32)cc1-c1c(C)cccc1C)C(C)(C)C.[Ir]. The quantitative estimate of drug-likeness (QED) is 0.165. The number of aryl methyl sites for hydroxylation is 5. The van der Waals surface area contributed by atoms with Gasteiger partial charge in [0.15, 0.2) is 0 Å². The molecule has 51 heavy (non-hydrogen) atoms. The van der Waals surface area contributed by atoms with Gasteiger partial charge in [0.05, 0.1) is 10.3 Å². The Bertz CT molecular complexity index is 2580. The van der Waals surface area contributed by atoms with Crippen LogP contribution < -0.4 is 0 Å². The summed E-state index contributed by atoms with van der Waals surface area (Å²) in [6, 6.07) is 33.4. The summed E-state index contributed by atoms with van der Waals surface area (Å²) in [6.07, 6.45) is 2.04. The second-order valence-corrected chi connectivity index (χ2v) is 15.1. The number of pyridine rings is 2. The molecule has 8 aromatic rings. The van der Waals surface area contributed by atoms with Gasteiger partial charge >= 0.3 is 0 Å². The van der Waals surface area contributed by atoms with E-state index in [1.165, 1.54) is 22.1 Å². The molecule has 3 nitrogen and oxygen atoms in total. The summed E-state index contributed by atoms with van der Waals surface area (Å²) < 4.78 is 25.8. The number of thiophene rings is 1. The zero-order valence-corrected chi connectivity index (χ0v) is 33.5. The van der Waals surface area contributed by atoms with Gasteiger partial charge in [-0.3, -0.25) is 0 Å². The molecule has 0 fully saturated rings. The minimum absolute atomic E-state index is 0. The predicted molar refractivity (Wildman–Crippen MR) is 212 cm³/mol. The number of fused-ring (bicyclic) bond motifs is 5. The third kappa shape index (κ3) is 7.48. The average molecular weight is 865 g/mol. The van der Waals surface area contributed by atoms with Crippen LogP contribution in [0.2, 0.25) is 0 Å². The van der Waals surface area contributed by atoms with E-state index in [0.29, 0.717) is 5.56 Å². The van der Waals surface area contributed by atoms with Gasteiger partial charge in [-0.1, -0.05) is 86.7 Å². The maximum absolute atomic E-state index is 9.09. The average Bonchev–Trinajstić information content (AvgIpc) is 3.74. The molecule has 0 bridgehead atoms. The molecule has 8 rings (SSSR count). The second-order valence-electron chi connectivity index (χ2n) is 14.2. The molecule has 4 aromatic carbocycles. The van der Waals surface area contributed by atoms with Gasteiger partial charge in [0.2, 0.25) is 0 Å². The number of aromatic nitrogens is 2. The van der Waals surface area contributed by atoms with Gasteiger partial charge in [0, 0.05) is 40.6 Å². The summed E-state index contributed by atoms with van der Waals surface area (Å²) in [5.41, 5.74) is 13.0. The van der Waals surface area contributed by atoms with Gasteiger partial charge < -0.3 is 14.4 Å². The molecule has 259 valence electrons. The maximum atomic E-state index is 9.09. The van der Waals surface area contributed by atoms with Crippen LogP contribution in [0.5, 0.6) is 0 Å². The molecule has 0 atom stereocenters. The van der Waals surface area contributed by atoms with Gasteiger partial charge in [-0.15, -0.1) is 64.9 Å². The van der Waals surface area contributed by atoms with E-state index in [4.69, 9.17) is 12.1 Å². The molecule has 0 aliphatic heterocycles. The Labute approximate surface area is 322 Å². The monoisotopic (exact) mass is 865 g/mol. The standard InChI is InChI=1S/C32H28NOS.C14H14N.Ir/c1-19-8-6-9-20(2)28(19)26-16-27(33-18-22(26)17-32(3,4)5)25-11-7-10-23-24-13-12-21-14-15-35-31(21)30(24)34-29(23)25;1-10-4-6-13(7-5-10)14-8-11(2)12(3)9-15-14;/h6-10,12-16,18H,17H2,1-5H3;4-6,8-9H,1-3H3;/q2*-1;/i17D2;;. The Balaban J connectivity index is 0.000000252. The molecular formula is C46H42IrN2OS-2. The Kier molecular flexibility index (Phi) is 9.70. The number of benzene rings is 4. The first kappa shape index (κ1) is 33.7. The smallest absolute Gasteiger partial charge is 0.138 e. The van der Waals surface area contributed by atoms with Crippen LogP contribution in [0.4, 0.5) is 0 Å². The number of hydrogen-bond acceptors (Lipinski definition) is 4. The van der Waals surface area contributed by atoms with Crippen LogP contribution >= 0.6 is 11.3 Å². The Hall–Kier alpha value is -4.41. The Morgan fingerprint density at radius 3 is 2.22 bits per heavy atom. The fourth-order valence-corrected chi connectivity index (χ4v) is 7.27. The van der Waals surface area contributed by atoms with Crippen molar-refractivity contribution in [2.75, 3.05) is 0 Å². The van der Waals surface area contributed by atoms with Crippen molar-refractivity contribution < 1.29 is 27.3 Å². The Morgan fingerprint density at radius 2 is 1.51 bits per heavy atom. The number of nitrogens with zero attached hydrogens (tertiary/aromatic N) is 2. The summed E-state index contributed by atoms with van der Waals surface area (Å²) in [4.78, 5) is 9.23. The first-order valence-corrected chi connectivity index (χ1v) is 17.8. The summed E-state index contributed by atoms with van der Waals surface area (Å²) >= 11 is 1.68. The van der Waals surface area contributed by atoms with Crippen molar-refractivity contribution in [3.05, 3.63) is 142 Å². The first-order chi connectivity index (χ1) is 24.7. The summed E-state index contributed by atoms with van der Waals surface area (Å²) in [5.74, 6) is 0. The van der Waals surface area contributed by atoms with Crippen molar-refractivity contribution in [1.29, 1.82) is 0 Å². The van der Waals surface area contributed by atoms with Crippen molar-refractivity contribution in [2.45, 2.75) is 61.8 Å².